The average molecular weight is 325 g/mol. The minimum absolute atomic E-state index is 0.0362. The van der Waals surface area contributed by atoms with E-state index < -0.39 is 0 Å². The highest BCUT2D eigenvalue weighted by atomic mass is 16.5. The van der Waals surface area contributed by atoms with E-state index in [2.05, 4.69) is 10.3 Å². The van der Waals surface area contributed by atoms with E-state index in [4.69, 9.17) is 4.74 Å². The molecular weight excluding hydrogens is 302 g/mol. The molecule has 0 spiro atoms. The maximum absolute atomic E-state index is 12.5. The van der Waals surface area contributed by atoms with Gasteiger partial charge < -0.3 is 9.64 Å². The molecule has 126 valence electrons. The lowest BCUT2D eigenvalue weighted by molar-refractivity contribution is -0.132. The lowest BCUT2D eigenvalue weighted by Gasteiger charge is -2.21. The van der Waals surface area contributed by atoms with Crippen molar-refractivity contribution in [2.75, 3.05) is 19.7 Å². The van der Waals surface area contributed by atoms with Gasteiger partial charge in [0.1, 0.15) is 12.4 Å². The van der Waals surface area contributed by atoms with E-state index >= 15 is 0 Å². The maximum atomic E-state index is 12.5. The van der Waals surface area contributed by atoms with Gasteiger partial charge in [0.2, 0.25) is 5.91 Å². The first-order valence-electron chi connectivity index (χ1n) is 8.82. The molecule has 2 fully saturated rings. The van der Waals surface area contributed by atoms with Crippen LogP contribution in [0.3, 0.4) is 0 Å². The van der Waals surface area contributed by atoms with Gasteiger partial charge in [0.25, 0.3) is 0 Å². The Labute approximate surface area is 142 Å². The molecule has 5 heteroatoms. The van der Waals surface area contributed by atoms with Crippen molar-refractivity contribution in [3.8, 4) is 5.75 Å². The van der Waals surface area contributed by atoms with Crippen LogP contribution < -0.4 is 10.1 Å². The molecule has 24 heavy (non-hydrogen) atoms. The molecule has 0 bridgehead atoms. The number of hydrogen-bond acceptors (Lipinski definition) is 4. The first kappa shape index (κ1) is 15.4. The van der Waals surface area contributed by atoms with Gasteiger partial charge in [0.15, 0.2) is 0 Å². The van der Waals surface area contributed by atoms with Crippen molar-refractivity contribution in [2.45, 2.75) is 37.8 Å². The summed E-state index contributed by atoms with van der Waals surface area (Å²) in [4.78, 5) is 18.8. The van der Waals surface area contributed by atoms with E-state index in [1.54, 1.807) is 6.20 Å². The number of amides is 1. The second kappa shape index (κ2) is 6.77. The molecule has 3 heterocycles. The molecule has 2 atom stereocenters. The predicted octanol–water partition coefficient (Wildman–Crippen LogP) is 2.36. The van der Waals surface area contributed by atoms with Crippen LogP contribution in [0.4, 0.5) is 0 Å². The fourth-order valence-electron chi connectivity index (χ4n) is 3.69. The van der Waals surface area contributed by atoms with Gasteiger partial charge in [-0.05, 0) is 43.9 Å². The molecule has 1 aromatic heterocycles. The van der Waals surface area contributed by atoms with Crippen molar-refractivity contribution in [1.82, 2.24) is 15.2 Å². The number of ether oxygens (including phenoxy) is 1. The Morgan fingerprint density at radius 2 is 2.04 bits per heavy atom. The normalized spacial score (nSPS) is 23.8. The number of rotatable bonds is 4. The fourth-order valence-corrected chi connectivity index (χ4v) is 3.69. The van der Waals surface area contributed by atoms with Gasteiger partial charge in [-0.1, -0.05) is 12.1 Å². The molecule has 4 rings (SSSR count). The molecule has 5 nitrogen and oxygen atoms in total. The van der Waals surface area contributed by atoms with Crippen molar-refractivity contribution < 1.29 is 9.53 Å². The van der Waals surface area contributed by atoms with Gasteiger partial charge in [-0.3, -0.25) is 15.1 Å². The summed E-state index contributed by atoms with van der Waals surface area (Å²) in [5.41, 5.74) is 0.941. The summed E-state index contributed by atoms with van der Waals surface area (Å²) in [5, 5.41) is 4.48. The Hall–Kier alpha value is -2.14. The van der Waals surface area contributed by atoms with Crippen LogP contribution in [0.15, 0.2) is 36.5 Å². The minimum atomic E-state index is -0.0362. The molecule has 2 saturated heterocycles. The van der Waals surface area contributed by atoms with Crippen LogP contribution in [0.2, 0.25) is 0 Å². The third-order valence-electron chi connectivity index (χ3n) is 5.01. The quantitative estimate of drug-likeness (QED) is 0.937. The molecule has 0 unspecified atom stereocenters. The molecule has 1 amide bonds. The lowest BCUT2D eigenvalue weighted by Crippen LogP contribution is -2.45. The van der Waals surface area contributed by atoms with Gasteiger partial charge in [-0.2, -0.15) is 0 Å². The third kappa shape index (κ3) is 3.08. The largest absolute Gasteiger partial charge is 0.491 e. The topological polar surface area (TPSA) is 54.5 Å². The lowest BCUT2D eigenvalue weighted by atomic mass is 10.2. The van der Waals surface area contributed by atoms with E-state index in [1.807, 2.05) is 35.2 Å². The van der Waals surface area contributed by atoms with Crippen LogP contribution in [0.25, 0.3) is 10.9 Å². The third-order valence-corrected chi connectivity index (χ3v) is 5.01. The second-order valence-electron chi connectivity index (χ2n) is 6.66. The zero-order chi connectivity index (χ0) is 16.4. The van der Waals surface area contributed by atoms with Crippen LogP contribution in [0, 0.1) is 0 Å². The monoisotopic (exact) mass is 325 g/mol. The molecule has 2 aliphatic heterocycles. The van der Waals surface area contributed by atoms with Gasteiger partial charge >= 0.3 is 0 Å². The van der Waals surface area contributed by atoms with Gasteiger partial charge in [0, 0.05) is 30.7 Å². The average Bonchev–Trinajstić information content (AvgIpc) is 3.31. The number of likely N-dealkylation sites (tertiary alicyclic amines) is 1. The number of hydrogen-bond donors (Lipinski definition) is 1. The van der Waals surface area contributed by atoms with Crippen molar-refractivity contribution in [3.63, 3.8) is 0 Å². The number of benzene rings is 1. The predicted molar refractivity (Wildman–Crippen MR) is 93.0 cm³/mol. The number of para-hydroxylation sites is 1. The molecule has 2 aromatic rings. The Morgan fingerprint density at radius 3 is 2.92 bits per heavy atom. The van der Waals surface area contributed by atoms with E-state index in [-0.39, 0.29) is 18.0 Å². The molecule has 2 aliphatic rings. The Morgan fingerprint density at radius 1 is 1.21 bits per heavy atom. The summed E-state index contributed by atoms with van der Waals surface area (Å²) in [6.07, 6.45) is 5.94. The Balaban J connectivity index is 1.36. The van der Waals surface area contributed by atoms with Crippen LogP contribution in [0.5, 0.6) is 5.75 Å². The first-order chi connectivity index (χ1) is 11.8. The fraction of sp³-hybridized carbons (Fsp3) is 0.474. The highest BCUT2D eigenvalue weighted by Gasteiger charge is 2.33. The van der Waals surface area contributed by atoms with E-state index in [0.717, 1.165) is 55.4 Å². The second-order valence-corrected chi connectivity index (χ2v) is 6.66. The number of carbonyl (C=O) groups is 1. The molecule has 0 radical (unpaired) electrons. The van der Waals surface area contributed by atoms with Gasteiger partial charge in [-0.25, -0.2) is 0 Å². The zero-order valence-electron chi connectivity index (χ0n) is 13.8. The van der Waals surface area contributed by atoms with E-state index in [9.17, 15) is 4.79 Å². The number of nitrogens with one attached hydrogen (secondary N) is 1. The Kier molecular flexibility index (Phi) is 4.34. The van der Waals surface area contributed by atoms with Crippen LogP contribution in [-0.4, -0.2) is 47.6 Å². The number of pyridine rings is 1. The highest BCUT2D eigenvalue weighted by Crippen LogP contribution is 2.24. The summed E-state index contributed by atoms with van der Waals surface area (Å²) in [6.45, 7) is 2.42. The standard InChI is InChI=1S/C19H23N3O2/c23-19(22-11-3-4-12-22)17-8-7-14(21-17)13-24-18-9-10-20-16-6-2-1-5-15(16)18/h1-2,5-6,9-10,14,17,21H,3-4,7-8,11-13H2/t14-,17+/m1/s1. The van der Waals surface area contributed by atoms with Crippen LogP contribution in [0.1, 0.15) is 25.7 Å². The van der Waals surface area contributed by atoms with Crippen molar-refractivity contribution >= 4 is 16.8 Å². The maximum Gasteiger partial charge on any atom is 0.239 e. The molecule has 1 aromatic carbocycles. The summed E-state index contributed by atoms with van der Waals surface area (Å²) < 4.78 is 6.03. The number of carbonyl (C=O) groups excluding carboxylic acids is 1. The summed E-state index contributed by atoms with van der Waals surface area (Å²) in [7, 11) is 0. The summed E-state index contributed by atoms with van der Waals surface area (Å²) in [5.74, 6) is 1.13. The number of aromatic nitrogens is 1. The van der Waals surface area contributed by atoms with Crippen molar-refractivity contribution in [2.24, 2.45) is 0 Å². The van der Waals surface area contributed by atoms with Gasteiger partial charge in [0.05, 0.1) is 11.6 Å². The summed E-state index contributed by atoms with van der Waals surface area (Å²) in [6, 6.07) is 10.1. The molecule has 1 N–H and O–H groups in total. The summed E-state index contributed by atoms with van der Waals surface area (Å²) >= 11 is 0. The number of fused-ring (bicyclic) bond motifs is 1. The SMILES string of the molecule is O=C([C@@H]1CC[C@H](COc2ccnc3ccccc23)N1)N1CCCC1. The number of nitrogens with zero attached hydrogens (tertiary/aromatic N) is 2. The van der Waals surface area contributed by atoms with E-state index in [0.29, 0.717) is 6.61 Å². The molecule has 0 aliphatic carbocycles. The smallest absolute Gasteiger partial charge is 0.239 e. The van der Waals surface area contributed by atoms with Crippen molar-refractivity contribution in [1.29, 1.82) is 0 Å². The minimum Gasteiger partial charge on any atom is -0.491 e. The highest BCUT2D eigenvalue weighted by molar-refractivity contribution is 5.84. The Bertz CT molecular complexity index is 722. The zero-order valence-corrected chi connectivity index (χ0v) is 13.8. The van der Waals surface area contributed by atoms with E-state index in [1.165, 1.54) is 0 Å². The van der Waals surface area contributed by atoms with Crippen LogP contribution >= 0.6 is 0 Å². The van der Waals surface area contributed by atoms with Crippen molar-refractivity contribution in [3.05, 3.63) is 36.5 Å². The molecular formula is C19H23N3O2. The van der Waals surface area contributed by atoms with Gasteiger partial charge in [-0.15, -0.1) is 0 Å². The molecule has 0 saturated carbocycles. The van der Waals surface area contributed by atoms with Crippen LogP contribution in [-0.2, 0) is 4.79 Å². The first-order valence-corrected chi connectivity index (χ1v) is 8.82.